The number of hydrogen-bond acceptors (Lipinski definition) is 2. The van der Waals surface area contributed by atoms with E-state index in [1.807, 2.05) is 55.5 Å². The van der Waals surface area contributed by atoms with E-state index in [-0.39, 0.29) is 0 Å². The Balaban J connectivity index is 2.06. The Labute approximate surface area is 140 Å². The van der Waals surface area contributed by atoms with Gasteiger partial charge in [0, 0.05) is 10.6 Å². The lowest BCUT2D eigenvalue weighted by atomic mass is 9.96. The topological polar surface area (TPSA) is 33.0 Å². The zero-order valence-corrected chi connectivity index (χ0v) is 13.3. The van der Waals surface area contributed by atoms with Gasteiger partial charge in [0.1, 0.15) is 5.75 Å². The second-order valence-corrected chi connectivity index (χ2v) is 5.63. The molecule has 0 aliphatic carbocycles. The first kappa shape index (κ1) is 15.1. The van der Waals surface area contributed by atoms with Gasteiger partial charge in [-0.25, -0.2) is 0 Å². The lowest BCUT2D eigenvalue weighted by Gasteiger charge is -2.16. The lowest BCUT2D eigenvalue weighted by molar-refractivity contribution is 0.475. The van der Waals surface area contributed by atoms with Gasteiger partial charge in [-0.05, 0) is 54.0 Å². The van der Waals surface area contributed by atoms with Crippen molar-refractivity contribution in [3.63, 3.8) is 0 Å². The fourth-order valence-corrected chi connectivity index (χ4v) is 2.63. The van der Waals surface area contributed by atoms with E-state index in [1.165, 1.54) is 0 Å². The lowest BCUT2D eigenvalue weighted by Crippen LogP contribution is -1.97. The van der Waals surface area contributed by atoms with E-state index < -0.39 is 0 Å². The van der Waals surface area contributed by atoms with Gasteiger partial charge in [-0.3, -0.25) is 0 Å². The summed E-state index contributed by atoms with van der Waals surface area (Å²) >= 11 is 5.91. The highest BCUT2D eigenvalue weighted by atomic mass is 35.5. The molecule has 0 saturated heterocycles. The molecule has 0 radical (unpaired) electrons. The van der Waals surface area contributed by atoms with Gasteiger partial charge in [0.2, 0.25) is 0 Å². The van der Waals surface area contributed by atoms with Gasteiger partial charge in [0.15, 0.2) is 0 Å². The van der Waals surface area contributed by atoms with E-state index in [0.717, 1.165) is 28.0 Å². The fraction of sp³-hybridized carbons (Fsp3) is 0.0500. The molecule has 1 heterocycles. The minimum Gasteiger partial charge on any atom is -0.464 e. The van der Waals surface area contributed by atoms with Crippen molar-refractivity contribution in [2.24, 2.45) is 0 Å². The molecule has 0 fully saturated rings. The second-order valence-electron chi connectivity index (χ2n) is 5.19. The summed E-state index contributed by atoms with van der Waals surface area (Å²) in [6.07, 6.45) is 5.49. The molecule has 0 saturated carbocycles. The third-order valence-electron chi connectivity index (χ3n) is 3.67. The van der Waals surface area contributed by atoms with E-state index in [0.29, 0.717) is 10.6 Å². The van der Waals surface area contributed by atoms with Crippen LogP contribution in [-0.4, -0.2) is 0 Å². The molecule has 1 aliphatic heterocycles. The maximum absolute atomic E-state index is 9.47. The van der Waals surface area contributed by atoms with Crippen molar-refractivity contribution < 1.29 is 4.74 Å². The van der Waals surface area contributed by atoms with Gasteiger partial charge in [0.25, 0.3) is 0 Å². The van der Waals surface area contributed by atoms with Crippen molar-refractivity contribution in [2.45, 2.75) is 6.92 Å². The molecule has 0 aromatic heterocycles. The maximum Gasteiger partial charge on any atom is 0.134 e. The number of para-hydroxylation sites is 1. The fourth-order valence-electron chi connectivity index (χ4n) is 2.50. The Morgan fingerprint density at radius 3 is 2.61 bits per heavy atom. The van der Waals surface area contributed by atoms with E-state index >= 15 is 0 Å². The minimum atomic E-state index is 0.601. The summed E-state index contributed by atoms with van der Waals surface area (Å²) in [5.74, 6) is 0.822. The molecule has 1 aliphatic rings. The van der Waals surface area contributed by atoms with E-state index in [1.54, 1.807) is 18.4 Å². The van der Waals surface area contributed by atoms with Crippen LogP contribution in [0.15, 0.2) is 72.5 Å². The molecule has 0 unspecified atom stereocenters. The summed E-state index contributed by atoms with van der Waals surface area (Å²) in [6.45, 7) is 2.00. The minimum absolute atomic E-state index is 0.601. The van der Waals surface area contributed by atoms with Crippen LogP contribution < -0.4 is 4.74 Å². The molecule has 0 atom stereocenters. The highest BCUT2D eigenvalue weighted by Crippen LogP contribution is 2.33. The summed E-state index contributed by atoms with van der Waals surface area (Å²) in [5.41, 5.74) is 4.53. The molecule has 0 bridgehead atoms. The van der Waals surface area contributed by atoms with Gasteiger partial charge < -0.3 is 4.74 Å². The Kier molecular flexibility index (Phi) is 4.32. The molecular weight excluding hydrogens is 306 g/mol. The summed E-state index contributed by atoms with van der Waals surface area (Å²) < 4.78 is 5.52. The zero-order chi connectivity index (χ0) is 16.2. The van der Waals surface area contributed by atoms with Crippen LogP contribution in [0.2, 0.25) is 5.02 Å². The summed E-state index contributed by atoms with van der Waals surface area (Å²) in [7, 11) is 0. The van der Waals surface area contributed by atoms with Crippen LogP contribution in [0.25, 0.3) is 11.1 Å². The van der Waals surface area contributed by atoms with Crippen LogP contribution in [0, 0.1) is 11.3 Å². The van der Waals surface area contributed by atoms with Gasteiger partial charge in [-0.1, -0.05) is 41.9 Å². The van der Waals surface area contributed by atoms with Crippen molar-refractivity contribution in [3.05, 3.63) is 88.7 Å². The van der Waals surface area contributed by atoms with Crippen molar-refractivity contribution in [3.8, 4) is 11.8 Å². The molecule has 2 aromatic carbocycles. The quantitative estimate of drug-likeness (QED) is 0.672. The first-order valence-corrected chi connectivity index (χ1v) is 7.58. The van der Waals surface area contributed by atoms with Gasteiger partial charge in [-0.15, -0.1) is 0 Å². The average Bonchev–Trinajstić information content (AvgIpc) is 2.60. The molecule has 3 heteroatoms. The van der Waals surface area contributed by atoms with Crippen LogP contribution in [-0.2, 0) is 0 Å². The third kappa shape index (κ3) is 3.21. The molecule has 112 valence electrons. The highest BCUT2D eigenvalue weighted by Gasteiger charge is 2.12. The third-order valence-corrected chi connectivity index (χ3v) is 3.92. The second kappa shape index (κ2) is 6.56. The van der Waals surface area contributed by atoms with E-state index in [2.05, 4.69) is 6.07 Å². The van der Waals surface area contributed by atoms with Crippen LogP contribution >= 0.6 is 11.6 Å². The van der Waals surface area contributed by atoms with Gasteiger partial charge in [0.05, 0.1) is 17.9 Å². The monoisotopic (exact) mass is 319 g/mol. The predicted octanol–water partition coefficient (Wildman–Crippen LogP) is 5.63. The summed E-state index contributed by atoms with van der Waals surface area (Å²) in [4.78, 5) is 0. The number of benzene rings is 2. The van der Waals surface area contributed by atoms with Crippen LogP contribution in [0.3, 0.4) is 0 Å². The molecule has 23 heavy (non-hydrogen) atoms. The number of nitrogens with zero attached hydrogens (tertiary/aromatic N) is 1. The number of ether oxygens (including phenoxy) is 1. The average molecular weight is 320 g/mol. The number of allylic oxidation sites excluding steroid dienone is 5. The molecule has 0 spiro atoms. The van der Waals surface area contributed by atoms with Crippen LogP contribution in [0.1, 0.15) is 18.1 Å². The van der Waals surface area contributed by atoms with Crippen LogP contribution in [0.4, 0.5) is 0 Å². The molecule has 3 rings (SSSR count). The summed E-state index contributed by atoms with van der Waals surface area (Å²) in [6, 6.07) is 17.4. The van der Waals surface area contributed by atoms with E-state index in [9.17, 15) is 5.26 Å². The van der Waals surface area contributed by atoms with Crippen LogP contribution in [0.5, 0.6) is 5.75 Å². The Morgan fingerprint density at radius 2 is 1.87 bits per heavy atom. The normalized spacial score (nSPS) is 15.4. The molecule has 2 aromatic rings. The smallest absolute Gasteiger partial charge is 0.134 e. The Bertz CT molecular complexity index is 867. The first-order valence-electron chi connectivity index (χ1n) is 7.20. The van der Waals surface area contributed by atoms with Crippen molar-refractivity contribution >= 4 is 22.7 Å². The number of halogens is 1. The number of hydrogen-bond donors (Lipinski definition) is 0. The molecule has 2 nitrogen and oxygen atoms in total. The standard InChI is InChI=1S/C20H14ClNO/c1-14(12-16(13-22)15-6-8-17(21)9-7-15)18-10-11-23-20-5-3-2-4-19(18)20/h2-12H,1H3/b16-12+,18-14+. The predicted molar refractivity (Wildman–Crippen MR) is 93.8 cm³/mol. The highest BCUT2D eigenvalue weighted by molar-refractivity contribution is 6.30. The van der Waals surface area contributed by atoms with Crippen molar-refractivity contribution in [1.82, 2.24) is 0 Å². The van der Waals surface area contributed by atoms with Crippen molar-refractivity contribution in [2.75, 3.05) is 0 Å². The number of fused-ring (bicyclic) bond motifs is 1. The molecular formula is C20H14ClNO. The van der Waals surface area contributed by atoms with E-state index in [4.69, 9.17) is 16.3 Å². The number of rotatable bonds is 2. The van der Waals surface area contributed by atoms with Gasteiger partial charge >= 0.3 is 0 Å². The number of nitriles is 1. The maximum atomic E-state index is 9.47. The molecule has 0 N–H and O–H groups in total. The Morgan fingerprint density at radius 1 is 1.13 bits per heavy atom. The SMILES string of the molecule is CC(/C=C(\C#N)c1ccc(Cl)cc1)=C1/C=COc2ccccc21. The largest absolute Gasteiger partial charge is 0.464 e. The first-order chi connectivity index (χ1) is 11.2. The zero-order valence-electron chi connectivity index (χ0n) is 12.6. The Hall–Kier alpha value is -2.76. The molecule has 0 amide bonds. The van der Waals surface area contributed by atoms with Crippen molar-refractivity contribution in [1.29, 1.82) is 5.26 Å². The van der Waals surface area contributed by atoms with Gasteiger partial charge in [-0.2, -0.15) is 5.26 Å². The summed E-state index contributed by atoms with van der Waals surface area (Å²) in [5, 5.41) is 10.1.